The van der Waals surface area contributed by atoms with Crippen LogP contribution < -0.4 is 15.4 Å². The van der Waals surface area contributed by atoms with Crippen LogP contribution in [0.25, 0.3) is 11.1 Å². The molecule has 1 aliphatic rings. The number of alkyl halides is 3. The van der Waals surface area contributed by atoms with Gasteiger partial charge in [-0.3, -0.25) is 5.32 Å². The van der Waals surface area contributed by atoms with Crippen LogP contribution in [0.5, 0.6) is 5.88 Å². The van der Waals surface area contributed by atoms with Crippen LogP contribution in [0, 0.1) is 6.92 Å². The predicted molar refractivity (Wildman–Crippen MR) is 113 cm³/mol. The van der Waals surface area contributed by atoms with Gasteiger partial charge in [-0.25, -0.2) is 19.7 Å². The molecule has 4 rings (SSSR count). The molecule has 0 spiro atoms. The Labute approximate surface area is 186 Å². The van der Waals surface area contributed by atoms with Crippen LogP contribution in [0.3, 0.4) is 0 Å². The van der Waals surface area contributed by atoms with Crippen molar-refractivity contribution in [3.63, 3.8) is 0 Å². The molecule has 1 atom stereocenters. The van der Waals surface area contributed by atoms with Crippen LogP contribution in [0.15, 0.2) is 48.8 Å². The Morgan fingerprint density at radius 2 is 2.00 bits per heavy atom. The van der Waals surface area contributed by atoms with Crippen molar-refractivity contribution in [3.8, 4) is 17.0 Å². The van der Waals surface area contributed by atoms with E-state index in [1.807, 2.05) is 13.0 Å². The van der Waals surface area contributed by atoms with Gasteiger partial charge in [-0.05, 0) is 55.3 Å². The van der Waals surface area contributed by atoms with Gasteiger partial charge in [0, 0.05) is 36.1 Å². The predicted octanol–water partition coefficient (Wildman–Crippen LogP) is 3.59. The van der Waals surface area contributed by atoms with Crippen LogP contribution >= 0.6 is 0 Å². The fraction of sp³-hybridized carbons (Fsp3) is 0.273. The quantitative estimate of drug-likeness (QED) is 0.497. The number of aromatic nitrogens is 3. The van der Waals surface area contributed by atoms with E-state index in [1.165, 1.54) is 12.3 Å². The van der Waals surface area contributed by atoms with Crippen molar-refractivity contribution >= 4 is 17.6 Å². The number of nitrogens with zero attached hydrogens (tertiary/aromatic N) is 3. The summed E-state index contributed by atoms with van der Waals surface area (Å²) in [6.07, 6.45) is -1.12. The third-order valence-electron chi connectivity index (χ3n) is 5.02. The Kier molecular flexibility index (Phi) is 6.00. The summed E-state index contributed by atoms with van der Waals surface area (Å²) in [5.41, 5.74) is -0.000590. The summed E-state index contributed by atoms with van der Waals surface area (Å²) in [6, 6.07) is 9.30. The van der Waals surface area contributed by atoms with Crippen molar-refractivity contribution in [2.45, 2.75) is 31.7 Å². The molecule has 1 aliphatic heterocycles. The number of carbonyl (C=O) groups is 1. The fourth-order valence-electron chi connectivity index (χ4n) is 3.42. The van der Waals surface area contributed by atoms with E-state index in [0.717, 1.165) is 23.4 Å². The first kappa shape index (κ1) is 22.6. The molecule has 172 valence electrons. The minimum absolute atomic E-state index is 0.0363. The van der Waals surface area contributed by atoms with Crippen LogP contribution in [0.1, 0.15) is 24.1 Å². The standard InChI is InChI=1S/C22H20F3N5O3/c1-13-9-15(11-16(10-13)29-20-26-8-5-17(30-20)22(23,24)25)14-3-4-18(27-12-14)33-19(31)21(32)6-2-7-28-21/h3-5,8-12,28,32H,2,6-7H2,1H3,(H,26,29,30)/t21-/m1/s1. The van der Waals surface area contributed by atoms with Crippen LogP contribution in [-0.4, -0.2) is 38.3 Å². The van der Waals surface area contributed by atoms with E-state index >= 15 is 0 Å². The van der Waals surface area contributed by atoms with Gasteiger partial charge in [0.15, 0.2) is 0 Å². The van der Waals surface area contributed by atoms with E-state index in [9.17, 15) is 23.1 Å². The number of hydrogen-bond acceptors (Lipinski definition) is 8. The highest BCUT2D eigenvalue weighted by Gasteiger charge is 2.40. The topological polar surface area (TPSA) is 109 Å². The van der Waals surface area contributed by atoms with Gasteiger partial charge in [0.05, 0.1) is 0 Å². The molecule has 0 saturated carbocycles. The monoisotopic (exact) mass is 459 g/mol. The second-order valence-electron chi connectivity index (χ2n) is 7.64. The molecule has 0 bridgehead atoms. The van der Waals surface area contributed by atoms with Crippen molar-refractivity contribution in [1.29, 1.82) is 0 Å². The smallest absolute Gasteiger partial charge is 0.404 e. The molecule has 3 heterocycles. The molecule has 1 fully saturated rings. The zero-order chi connectivity index (χ0) is 23.6. The molecule has 33 heavy (non-hydrogen) atoms. The molecule has 0 radical (unpaired) electrons. The molecular weight excluding hydrogens is 439 g/mol. The summed E-state index contributed by atoms with van der Waals surface area (Å²) < 4.78 is 43.9. The van der Waals surface area contributed by atoms with Crippen LogP contribution in [0.4, 0.5) is 24.8 Å². The molecule has 0 aliphatic carbocycles. The highest BCUT2D eigenvalue weighted by Crippen LogP contribution is 2.30. The zero-order valence-corrected chi connectivity index (χ0v) is 17.5. The average Bonchev–Trinajstić information content (AvgIpc) is 3.21. The van der Waals surface area contributed by atoms with Crippen LogP contribution in [-0.2, 0) is 11.0 Å². The number of esters is 1. The number of halogens is 3. The lowest BCUT2D eigenvalue weighted by Crippen LogP contribution is -2.49. The number of hydrogen-bond donors (Lipinski definition) is 3. The van der Waals surface area contributed by atoms with Gasteiger partial charge in [-0.15, -0.1) is 0 Å². The largest absolute Gasteiger partial charge is 0.433 e. The average molecular weight is 459 g/mol. The number of benzene rings is 1. The molecule has 0 amide bonds. The van der Waals surface area contributed by atoms with Gasteiger partial charge in [0.25, 0.3) is 0 Å². The van der Waals surface area contributed by atoms with E-state index in [0.29, 0.717) is 24.2 Å². The summed E-state index contributed by atoms with van der Waals surface area (Å²) in [4.78, 5) is 23.7. The Bertz CT molecular complexity index is 1160. The normalized spacial score (nSPS) is 18.2. The number of ether oxygens (including phenoxy) is 1. The molecule has 2 aromatic heterocycles. The number of pyridine rings is 1. The van der Waals surface area contributed by atoms with Gasteiger partial charge in [-0.1, -0.05) is 6.07 Å². The minimum atomic E-state index is -4.57. The zero-order valence-electron chi connectivity index (χ0n) is 17.5. The van der Waals surface area contributed by atoms with E-state index in [4.69, 9.17) is 4.74 Å². The number of rotatable bonds is 5. The van der Waals surface area contributed by atoms with Crippen molar-refractivity contribution in [2.24, 2.45) is 0 Å². The molecule has 0 unspecified atom stereocenters. The molecule has 1 aromatic carbocycles. The first-order chi connectivity index (χ1) is 15.6. The lowest BCUT2D eigenvalue weighted by atomic mass is 10.0. The first-order valence-corrected chi connectivity index (χ1v) is 10.1. The maximum Gasteiger partial charge on any atom is 0.433 e. The number of aryl methyl sites for hydroxylation is 1. The van der Waals surface area contributed by atoms with Crippen molar-refractivity contribution in [1.82, 2.24) is 20.3 Å². The number of anilines is 2. The third kappa shape index (κ3) is 5.26. The molecule has 11 heteroatoms. The summed E-state index contributed by atoms with van der Waals surface area (Å²) in [7, 11) is 0. The van der Waals surface area contributed by atoms with E-state index in [-0.39, 0.29) is 18.2 Å². The molecule has 3 N–H and O–H groups in total. The van der Waals surface area contributed by atoms with Crippen molar-refractivity contribution in [2.75, 3.05) is 11.9 Å². The van der Waals surface area contributed by atoms with E-state index in [2.05, 4.69) is 25.6 Å². The summed E-state index contributed by atoms with van der Waals surface area (Å²) >= 11 is 0. The molecular formula is C22H20F3N5O3. The number of carbonyl (C=O) groups excluding carboxylic acids is 1. The maximum absolute atomic E-state index is 12.9. The van der Waals surface area contributed by atoms with Crippen molar-refractivity contribution < 1.29 is 27.8 Å². The number of aliphatic hydroxyl groups is 1. The molecule has 1 saturated heterocycles. The van der Waals surface area contributed by atoms with E-state index < -0.39 is 23.6 Å². The van der Waals surface area contributed by atoms with Gasteiger partial charge < -0.3 is 15.2 Å². The number of nitrogens with one attached hydrogen (secondary N) is 2. The third-order valence-corrected chi connectivity index (χ3v) is 5.02. The van der Waals surface area contributed by atoms with Gasteiger partial charge >= 0.3 is 12.1 Å². The minimum Gasteiger partial charge on any atom is -0.404 e. The summed E-state index contributed by atoms with van der Waals surface area (Å²) in [5.74, 6) is -0.960. The lowest BCUT2D eigenvalue weighted by molar-refractivity contribution is -0.157. The molecule has 8 nitrogen and oxygen atoms in total. The Hall–Kier alpha value is -3.57. The molecule has 3 aromatic rings. The Balaban J connectivity index is 1.51. The SMILES string of the molecule is Cc1cc(Nc2nccc(C(F)(F)F)n2)cc(-c2ccc(OC(=O)[C@]3(O)CCCN3)nc2)c1. The van der Waals surface area contributed by atoms with Crippen LogP contribution in [0.2, 0.25) is 0 Å². The maximum atomic E-state index is 12.9. The lowest BCUT2D eigenvalue weighted by Gasteiger charge is -2.19. The summed E-state index contributed by atoms with van der Waals surface area (Å²) in [5, 5.41) is 15.7. The van der Waals surface area contributed by atoms with Gasteiger partial charge in [0.1, 0.15) is 5.69 Å². The van der Waals surface area contributed by atoms with Gasteiger partial charge in [0.2, 0.25) is 17.6 Å². The van der Waals surface area contributed by atoms with Crippen molar-refractivity contribution in [3.05, 3.63) is 60.0 Å². The second kappa shape index (κ2) is 8.75. The van der Waals surface area contributed by atoms with E-state index in [1.54, 1.807) is 18.2 Å². The Morgan fingerprint density at radius 1 is 1.18 bits per heavy atom. The van der Waals surface area contributed by atoms with Gasteiger partial charge in [-0.2, -0.15) is 13.2 Å². The highest BCUT2D eigenvalue weighted by atomic mass is 19.4. The summed E-state index contributed by atoms with van der Waals surface area (Å²) in [6.45, 7) is 2.35. The first-order valence-electron chi connectivity index (χ1n) is 10.1. The second-order valence-corrected chi connectivity index (χ2v) is 7.64. The fourth-order valence-corrected chi connectivity index (χ4v) is 3.42. The Morgan fingerprint density at radius 3 is 2.67 bits per heavy atom. The highest BCUT2D eigenvalue weighted by molar-refractivity contribution is 5.81.